The zero-order valence-corrected chi connectivity index (χ0v) is 25.0. The Morgan fingerprint density at radius 1 is 1.02 bits per heavy atom. The van der Waals surface area contributed by atoms with Gasteiger partial charge in [-0.05, 0) is 38.5 Å². The van der Waals surface area contributed by atoms with Crippen molar-refractivity contribution in [1.82, 2.24) is 9.88 Å². The standard InChI is InChI=1S/C30H38ClN3O8/c1-4-5-6-7-8-9-10-11-12-13-17-41-27(37)20-14-15-21(31)22(19-20)33-25(36)23(24(35)26-32-16-18-40-26)34-28(38)30(2,3)42-29(34)39/h14-16,18-19,23H,4-13,17H2,1-3H3,(H,33,36). The van der Waals surface area contributed by atoms with Crippen LogP contribution in [0.3, 0.4) is 0 Å². The van der Waals surface area contributed by atoms with Gasteiger partial charge in [-0.2, -0.15) is 0 Å². The number of Topliss-reactive ketones (excluding diaryl/α,β-unsaturated/α-hetero) is 1. The number of ether oxygens (including phenoxy) is 2. The van der Waals surface area contributed by atoms with E-state index in [9.17, 15) is 24.0 Å². The van der Waals surface area contributed by atoms with Crippen LogP contribution in [0.15, 0.2) is 35.1 Å². The van der Waals surface area contributed by atoms with Crippen molar-refractivity contribution in [1.29, 1.82) is 0 Å². The van der Waals surface area contributed by atoms with Crippen LogP contribution < -0.4 is 5.32 Å². The van der Waals surface area contributed by atoms with Crippen LogP contribution in [0, 0.1) is 0 Å². The molecule has 42 heavy (non-hydrogen) atoms. The van der Waals surface area contributed by atoms with Crippen LogP contribution in [0.5, 0.6) is 0 Å². The van der Waals surface area contributed by atoms with Crippen LogP contribution in [0.4, 0.5) is 10.5 Å². The number of amides is 3. The van der Waals surface area contributed by atoms with Crippen LogP contribution in [0.1, 0.15) is 106 Å². The number of hydrogen-bond acceptors (Lipinski definition) is 9. The number of rotatable bonds is 17. The molecule has 11 nitrogen and oxygen atoms in total. The SMILES string of the molecule is CCCCCCCCCCCCOC(=O)c1ccc(Cl)c(NC(=O)C(C(=O)c2ncco2)N2C(=O)OC(C)(C)C2=O)c1. The summed E-state index contributed by atoms with van der Waals surface area (Å²) >= 11 is 6.26. The van der Waals surface area contributed by atoms with E-state index >= 15 is 0 Å². The molecule has 1 aliphatic rings. The summed E-state index contributed by atoms with van der Waals surface area (Å²) in [7, 11) is 0. The van der Waals surface area contributed by atoms with E-state index in [0.29, 0.717) is 4.90 Å². The van der Waals surface area contributed by atoms with Gasteiger partial charge in [-0.15, -0.1) is 0 Å². The van der Waals surface area contributed by atoms with Crippen LogP contribution in [0.25, 0.3) is 0 Å². The molecule has 1 fully saturated rings. The van der Waals surface area contributed by atoms with E-state index in [1.165, 1.54) is 76.8 Å². The lowest BCUT2D eigenvalue weighted by molar-refractivity contribution is -0.137. The molecule has 228 valence electrons. The summed E-state index contributed by atoms with van der Waals surface area (Å²) < 4.78 is 15.4. The molecule has 0 spiro atoms. The van der Waals surface area contributed by atoms with E-state index < -0.39 is 47.2 Å². The number of aromatic nitrogens is 1. The van der Waals surface area contributed by atoms with E-state index in [1.54, 1.807) is 0 Å². The maximum absolute atomic E-state index is 13.4. The molecule has 1 aromatic heterocycles. The molecule has 1 atom stereocenters. The Balaban J connectivity index is 1.60. The summed E-state index contributed by atoms with van der Waals surface area (Å²) in [4.78, 5) is 68.7. The lowest BCUT2D eigenvalue weighted by Gasteiger charge is -2.22. The summed E-state index contributed by atoms with van der Waals surface area (Å²) in [6, 6.07) is 2.12. The number of imide groups is 1. The monoisotopic (exact) mass is 603 g/mol. The molecule has 3 rings (SSSR count). The smallest absolute Gasteiger partial charge is 0.418 e. The van der Waals surface area contributed by atoms with Gasteiger partial charge in [0.15, 0.2) is 11.6 Å². The van der Waals surface area contributed by atoms with E-state index in [2.05, 4.69) is 17.2 Å². The fraction of sp³-hybridized carbons (Fsp3) is 0.533. The average Bonchev–Trinajstić information content (AvgIpc) is 3.55. The zero-order chi connectivity index (χ0) is 30.7. The molecule has 1 unspecified atom stereocenters. The molecule has 0 aliphatic carbocycles. The van der Waals surface area contributed by atoms with Crippen LogP contribution in [0.2, 0.25) is 5.02 Å². The largest absolute Gasteiger partial charge is 0.462 e. The Kier molecular flexibility index (Phi) is 12.1. The molecular formula is C30H38ClN3O8. The molecule has 1 aliphatic heterocycles. The number of hydrogen-bond donors (Lipinski definition) is 1. The quantitative estimate of drug-likeness (QED) is 0.0945. The Labute approximate surface area is 250 Å². The average molecular weight is 604 g/mol. The van der Waals surface area contributed by atoms with Crippen molar-refractivity contribution in [2.45, 2.75) is 96.6 Å². The Morgan fingerprint density at radius 2 is 1.67 bits per heavy atom. The molecule has 1 N–H and O–H groups in total. The second-order valence-corrected chi connectivity index (χ2v) is 11.1. The number of esters is 1. The molecule has 0 radical (unpaired) electrons. The van der Waals surface area contributed by atoms with Gasteiger partial charge < -0.3 is 19.2 Å². The number of oxazole rings is 1. The third kappa shape index (κ3) is 8.64. The fourth-order valence-electron chi connectivity index (χ4n) is 4.51. The van der Waals surface area contributed by atoms with Crippen LogP contribution in [-0.4, -0.2) is 57.8 Å². The topological polar surface area (TPSA) is 145 Å². The molecule has 2 aromatic rings. The number of halogens is 1. The molecule has 1 saturated heterocycles. The first-order valence-corrected chi connectivity index (χ1v) is 14.7. The number of carbonyl (C=O) groups is 5. The third-order valence-electron chi connectivity index (χ3n) is 6.86. The van der Waals surface area contributed by atoms with Gasteiger partial charge in [0.05, 0.1) is 29.1 Å². The van der Waals surface area contributed by atoms with E-state index in [4.69, 9.17) is 25.5 Å². The van der Waals surface area contributed by atoms with Crippen molar-refractivity contribution in [3.63, 3.8) is 0 Å². The maximum Gasteiger partial charge on any atom is 0.418 e. The molecule has 1 aromatic carbocycles. The summed E-state index contributed by atoms with van der Waals surface area (Å²) in [5, 5.41) is 2.48. The maximum atomic E-state index is 13.4. The number of cyclic esters (lactones) is 1. The second kappa shape index (κ2) is 15.5. The predicted molar refractivity (Wildman–Crippen MR) is 154 cm³/mol. The first kappa shape index (κ1) is 32.8. The molecule has 12 heteroatoms. The van der Waals surface area contributed by atoms with Gasteiger partial charge in [0.25, 0.3) is 17.7 Å². The minimum absolute atomic E-state index is 0.0282. The molecule has 2 heterocycles. The summed E-state index contributed by atoms with van der Waals surface area (Å²) in [5.74, 6) is -4.13. The minimum Gasteiger partial charge on any atom is -0.462 e. The van der Waals surface area contributed by atoms with Crippen molar-refractivity contribution in [3.8, 4) is 0 Å². The third-order valence-corrected chi connectivity index (χ3v) is 7.19. The van der Waals surface area contributed by atoms with E-state index in [1.807, 2.05) is 0 Å². The van der Waals surface area contributed by atoms with Crippen molar-refractivity contribution < 1.29 is 37.9 Å². The Bertz CT molecular complexity index is 1260. The first-order chi connectivity index (χ1) is 20.1. The molecule has 0 saturated carbocycles. The highest BCUT2D eigenvalue weighted by Gasteiger charge is 2.54. The number of nitrogens with zero attached hydrogens (tertiary/aromatic N) is 2. The highest BCUT2D eigenvalue weighted by molar-refractivity contribution is 6.34. The number of carbonyl (C=O) groups excluding carboxylic acids is 5. The first-order valence-electron chi connectivity index (χ1n) is 14.3. The van der Waals surface area contributed by atoms with Gasteiger partial charge >= 0.3 is 12.1 Å². The number of benzene rings is 1. The van der Waals surface area contributed by atoms with Crippen LogP contribution in [-0.2, 0) is 19.1 Å². The number of nitrogens with one attached hydrogen (secondary N) is 1. The van der Waals surface area contributed by atoms with Crippen molar-refractivity contribution in [2.24, 2.45) is 0 Å². The van der Waals surface area contributed by atoms with Gasteiger partial charge in [-0.3, -0.25) is 14.4 Å². The van der Waals surface area contributed by atoms with Gasteiger partial charge in [0.1, 0.15) is 6.26 Å². The van der Waals surface area contributed by atoms with Gasteiger partial charge in [-0.25, -0.2) is 19.5 Å². The number of anilines is 1. The van der Waals surface area contributed by atoms with Crippen molar-refractivity contribution in [3.05, 3.63) is 47.1 Å². The molecular weight excluding hydrogens is 566 g/mol. The Hall–Kier alpha value is -3.73. The highest BCUT2D eigenvalue weighted by Crippen LogP contribution is 2.29. The summed E-state index contributed by atoms with van der Waals surface area (Å²) in [5.41, 5.74) is -1.50. The van der Waals surface area contributed by atoms with Crippen molar-refractivity contribution in [2.75, 3.05) is 11.9 Å². The lowest BCUT2D eigenvalue weighted by Crippen LogP contribution is -2.53. The number of unbranched alkanes of at least 4 members (excludes halogenated alkanes) is 9. The lowest BCUT2D eigenvalue weighted by atomic mass is 10.1. The molecule has 3 amide bonds. The van der Waals surface area contributed by atoms with Crippen molar-refractivity contribution >= 4 is 46.9 Å². The van der Waals surface area contributed by atoms with Crippen LogP contribution >= 0.6 is 11.6 Å². The second-order valence-electron chi connectivity index (χ2n) is 10.7. The zero-order valence-electron chi connectivity index (χ0n) is 24.3. The number of ketones is 1. The van der Waals surface area contributed by atoms with Gasteiger partial charge in [0.2, 0.25) is 5.78 Å². The fourth-order valence-corrected chi connectivity index (χ4v) is 4.67. The summed E-state index contributed by atoms with van der Waals surface area (Å²) in [6.07, 6.45) is 12.7. The van der Waals surface area contributed by atoms with E-state index in [0.717, 1.165) is 31.9 Å². The highest BCUT2D eigenvalue weighted by atomic mass is 35.5. The van der Waals surface area contributed by atoms with Gasteiger partial charge in [-0.1, -0.05) is 76.3 Å². The van der Waals surface area contributed by atoms with E-state index in [-0.39, 0.29) is 22.9 Å². The predicted octanol–water partition coefficient (Wildman–Crippen LogP) is 6.35. The summed E-state index contributed by atoms with van der Waals surface area (Å²) in [6.45, 7) is 5.12. The molecule has 0 bridgehead atoms. The minimum atomic E-state index is -2.01. The normalized spacial score (nSPS) is 14.9. The Morgan fingerprint density at radius 3 is 2.24 bits per heavy atom. The van der Waals surface area contributed by atoms with Gasteiger partial charge in [0, 0.05) is 0 Å².